The van der Waals surface area contributed by atoms with Crippen LogP contribution in [0, 0.1) is 0 Å². The Morgan fingerprint density at radius 2 is 1.67 bits per heavy atom. The fourth-order valence-corrected chi connectivity index (χ4v) is 9.23. The second kappa shape index (κ2) is 15.0. The average molecular weight is 756 g/mol. The molecule has 3 aliphatic heterocycles. The molecule has 2 saturated heterocycles. The molecule has 0 atom stereocenters. The van der Waals surface area contributed by atoms with Gasteiger partial charge in [0, 0.05) is 48.3 Å². The van der Waals surface area contributed by atoms with Crippen molar-refractivity contribution in [2.24, 2.45) is 0 Å². The number of aromatic nitrogens is 3. The van der Waals surface area contributed by atoms with Crippen molar-refractivity contribution < 1.29 is 32.2 Å². The summed E-state index contributed by atoms with van der Waals surface area (Å²) in [6, 6.07) is 11.8. The molecule has 1 saturated carbocycles. The lowest BCUT2D eigenvalue weighted by molar-refractivity contribution is 0.0302. The Hall–Kier alpha value is -4.46. The van der Waals surface area contributed by atoms with E-state index in [-0.39, 0.29) is 17.5 Å². The largest absolute Gasteiger partial charge is 0.497 e. The predicted molar refractivity (Wildman–Crippen MR) is 207 cm³/mol. The molecule has 3 fully saturated rings. The second-order valence-corrected chi connectivity index (χ2v) is 17.4. The molecule has 13 heteroatoms. The molecule has 4 aromatic rings. The molecule has 2 amide bonds. The van der Waals surface area contributed by atoms with Crippen molar-refractivity contribution in [3.05, 3.63) is 70.5 Å². The SMILES string of the molecule is COc1ccc2c(c1)C=C(c1c(C(=O)N3CCOCC3)cnn1C1CCOCC1)Cn1c-2c(C2CCCCC2)c2ccc(C(=O)NS(=O)(=O)C(C)C)cc21. The normalized spacial score (nSPS) is 18.6. The first kappa shape index (κ1) is 36.5. The number of carbonyl (C=O) groups excluding carboxylic acids is 2. The molecule has 0 bridgehead atoms. The van der Waals surface area contributed by atoms with Gasteiger partial charge in [0.25, 0.3) is 11.8 Å². The number of nitrogens with zero attached hydrogens (tertiary/aromatic N) is 4. The zero-order chi connectivity index (χ0) is 37.6. The third-order valence-corrected chi connectivity index (χ3v) is 13.3. The Labute approximate surface area is 316 Å². The third-order valence-electron chi connectivity index (χ3n) is 11.6. The van der Waals surface area contributed by atoms with Gasteiger partial charge in [0.15, 0.2) is 0 Å². The summed E-state index contributed by atoms with van der Waals surface area (Å²) < 4.78 is 49.3. The molecule has 5 heterocycles. The topological polar surface area (TPSA) is 134 Å². The van der Waals surface area contributed by atoms with Gasteiger partial charge in [-0.1, -0.05) is 25.3 Å². The van der Waals surface area contributed by atoms with Gasteiger partial charge in [-0.3, -0.25) is 14.3 Å². The van der Waals surface area contributed by atoms with Gasteiger partial charge in [-0.05, 0) is 98.6 Å². The minimum atomic E-state index is -3.85. The van der Waals surface area contributed by atoms with E-state index in [1.165, 1.54) is 12.0 Å². The molecule has 0 spiro atoms. The standard InChI is InChI=1S/C41H49N5O7S/c1-26(2)54(49,50)43-40(47)28-9-11-34-36(23-28)45-25-30(21-29-22-32(51-3)10-12-33(29)39(45)37(34)27-7-5-4-6-8-27)38-35(41(48)44-15-19-53-20-16-44)24-42-46(38)31-13-17-52-18-14-31/h9-12,21-24,26-27,31H,4-8,13-20,25H2,1-3H3,(H,43,47). The lowest BCUT2D eigenvalue weighted by Gasteiger charge is -2.28. The predicted octanol–water partition coefficient (Wildman–Crippen LogP) is 6.41. The van der Waals surface area contributed by atoms with Crippen molar-refractivity contribution in [1.29, 1.82) is 0 Å². The number of carbonyl (C=O) groups is 2. The van der Waals surface area contributed by atoms with E-state index in [1.807, 2.05) is 27.8 Å². The average Bonchev–Trinajstić information content (AvgIpc) is 3.73. The lowest BCUT2D eigenvalue weighted by Crippen LogP contribution is -2.41. The molecule has 2 aromatic carbocycles. The van der Waals surface area contributed by atoms with Crippen LogP contribution in [-0.2, 0) is 26.0 Å². The molecular weight excluding hydrogens is 707 g/mol. The first-order valence-electron chi connectivity index (χ1n) is 19.3. The van der Waals surface area contributed by atoms with E-state index in [1.54, 1.807) is 33.2 Å². The number of hydrogen-bond donors (Lipinski definition) is 1. The number of allylic oxidation sites excluding steroid dienone is 1. The lowest BCUT2D eigenvalue weighted by atomic mass is 9.81. The number of hydrogen-bond acceptors (Lipinski definition) is 8. The van der Waals surface area contributed by atoms with Crippen LogP contribution in [0.2, 0.25) is 0 Å². The van der Waals surface area contributed by atoms with Gasteiger partial charge in [0.2, 0.25) is 10.0 Å². The number of rotatable bonds is 8. The van der Waals surface area contributed by atoms with Gasteiger partial charge in [-0.2, -0.15) is 5.10 Å². The van der Waals surface area contributed by atoms with Gasteiger partial charge in [0.1, 0.15) is 5.75 Å². The fourth-order valence-electron chi connectivity index (χ4n) is 8.61. The minimum absolute atomic E-state index is 0.0470. The van der Waals surface area contributed by atoms with Crippen molar-refractivity contribution >= 4 is 44.4 Å². The maximum Gasteiger partial charge on any atom is 0.264 e. The molecular formula is C41H49N5O7S. The monoisotopic (exact) mass is 755 g/mol. The highest BCUT2D eigenvalue weighted by atomic mass is 32.2. The number of fused-ring (bicyclic) bond motifs is 5. The molecule has 286 valence electrons. The van der Waals surface area contributed by atoms with Gasteiger partial charge in [0.05, 0.1) is 61.3 Å². The van der Waals surface area contributed by atoms with Crippen LogP contribution in [-0.4, -0.2) is 91.4 Å². The molecule has 12 nitrogen and oxygen atoms in total. The zero-order valence-electron chi connectivity index (χ0n) is 31.3. The number of benzene rings is 2. The van der Waals surface area contributed by atoms with E-state index in [4.69, 9.17) is 19.3 Å². The van der Waals surface area contributed by atoms with E-state index < -0.39 is 21.2 Å². The van der Waals surface area contributed by atoms with Crippen LogP contribution in [0.5, 0.6) is 5.75 Å². The van der Waals surface area contributed by atoms with E-state index in [0.717, 1.165) is 83.3 Å². The molecule has 8 rings (SSSR count). The first-order valence-corrected chi connectivity index (χ1v) is 20.8. The summed E-state index contributed by atoms with van der Waals surface area (Å²) in [6.45, 7) is 6.71. The summed E-state index contributed by atoms with van der Waals surface area (Å²) in [5.41, 5.74) is 7.66. The third kappa shape index (κ3) is 6.75. The van der Waals surface area contributed by atoms with Crippen LogP contribution >= 0.6 is 0 Å². The Morgan fingerprint density at radius 1 is 0.926 bits per heavy atom. The van der Waals surface area contributed by atoms with E-state index >= 15 is 0 Å². The van der Waals surface area contributed by atoms with Gasteiger partial charge < -0.3 is 23.7 Å². The number of ether oxygens (including phenoxy) is 3. The molecule has 2 aromatic heterocycles. The number of amides is 2. The number of methoxy groups -OCH3 is 1. The smallest absolute Gasteiger partial charge is 0.264 e. The fraction of sp³-hybridized carbons (Fsp3) is 0.488. The summed E-state index contributed by atoms with van der Waals surface area (Å²) in [4.78, 5) is 29.8. The van der Waals surface area contributed by atoms with Crippen molar-refractivity contribution in [3.8, 4) is 17.0 Å². The van der Waals surface area contributed by atoms with Crippen molar-refractivity contribution in [3.63, 3.8) is 0 Å². The zero-order valence-corrected chi connectivity index (χ0v) is 32.1. The summed E-state index contributed by atoms with van der Waals surface area (Å²) in [5, 5.41) is 5.22. The Bertz CT molecular complexity index is 2220. The van der Waals surface area contributed by atoms with Gasteiger partial charge in [-0.25, -0.2) is 13.1 Å². The maximum atomic E-state index is 14.4. The van der Waals surface area contributed by atoms with Crippen molar-refractivity contribution in [2.45, 2.75) is 82.5 Å². The molecule has 0 radical (unpaired) electrons. The molecule has 4 aliphatic rings. The summed E-state index contributed by atoms with van der Waals surface area (Å²) in [5.74, 6) is 0.293. The summed E-state index contributed by atoms with van der Waals surface area (Å²) >= 11 is 0. The quantitative estimate of drug-likeness (QED) is 0.218. The van der Waals surface area contributed by atoms with Crippen LogP contribution in [0.4, 0.5) is 0 Å². The number of nitrogens with one attached hydrogen (secondary N) is 1. The van der Waals surface area contributed by atoms with E-state index in [0.29, 0.717) is 57.5 Å². The molecule has 54 heavy (non-hydrogen) atoms. The van der Waals surface area contributed by atoms with Crippen molar-refractivity contribution in [2.75, 3.05) is 46.6 Å². The van der Waals surface area contributed by atoms with Gasteiger partial charge >= 0.3 is 0 Å². The Kier molecular flexibility index (Phi) is 10.1. The highest BCUT2D eigenvalue weighted by Crippen LogP contribution is 2.48. The van der Waals surface area contributed by atoms with Crippen LogP contribution < -0.4 is 9.46 Å². The number of morpholine rings is 1. The van der Waals surface area contributed by atoms with Crippen LogP contribution in [0.1, 0.15) is 108 Å². The maximum absolute atomic E-state index is 14.4. The van der Waals surface area contributed by atoms with Crippen molar-refractivity contribution in [1.82, 2.24) is 24.0 Å². The van der Waals surface area contributed by atoms with E-state index in [2.05, 4.69) is 27.5 Å². The van der Waals surface area contributed by atoms with Gasteiger partial charge in [-0.15, -0.1) is 0 Å². The Morgan fingerprint density at radius 3 is 2.39 bits per heavy atom. The summed E-state index contributed by atoms with van der Waals surface area (Å²) in [7, 11) is -2.18. The van der Waals surface area contributed by atoms with E-state index in [9.17, 15) is 18.0 Å². The molecule has 0 unspecified atom stereocenters. The first-order chi connectivity index (χ1) is 26.1. The Balaban J connectivity index is 1.36. The summed E-state index contributed by atoms with van der Waals surface area (Å²) in [6.07, 6.45) is 11.0. The molecule has 1 N–H and O–H groups in total. The minimum Gasteiger partial charge on any atom is -0.497 e. The second-order valence-electron chi connectivity index (χ2n) is 15.2. The molecule has 1 aliphatic carbocycles. The van der Waals surface area contributed by atoms with Crippen LogP contribution in [0.3, 0.4) is 0 Å². The highest BCUT2D eigenvalue weighted by molar-refractivity contribution is 7.90. The van der Waals surface area contributed by atoms with Crippen LogP contribution in [0.15, 0.2) is 42.6 Å². The highest BCUT2D eigenvalue weighted by Gasteiger charge is 2.34. The number of sulfonamides is 1. The van der Waals surface area contributed by atoms with Crippen LogP contribution in [0.25, 0.3) is 33.8 Å².